The lowest BCUT2D eigenvalue weighted by Gasteiger charge is -2.13. The van der Waals surface area contributed by atoms with Gasteiger partial charge in [-0.05, 0) is 23.3 Å². The van der Waals surface area contributed by atoms with E-state index >= 15 is 0 Å². The summed E-state index contributed by atoms with van der Waals surface area (Å²) in [5, 5.41) is 0. The summed E-state index contributed by atoms with van der Waals surface area (Å²) in [4.78, 5) is 0. The van der Waals surface area contributed by atoms with E-state index in [9.17, 15) is 4.39 Å². The number of fused-ring (bicyclic) bond motifs is 1. The van der Waals surface area contributed by atoms with Crippen molar-refractivity contribution in [2.24, 2.45) is 0 Å². The van der Waals surface area contributed by atoms with E-state index in [1.54, 1.807) is 16.9 Å². The number of halogens is 1. The largest absolute Gasteiger partial charge is 0.207 e. The number of benzene rings is 1. The van der Waals surface area contributed by atoms with Crippen molar-refractivity contribution in [1.82, 2.24) is 0 Å². The van der Waals surface area contributed by atoms with Crippen molar-refractivity contribution in [3.63, 3.8) is 0 Å². The van der Waals surface area contributed by atoms with Gasteiger partial charge in [0.1, 0.15) is 5.82 Å². The molecule has 0 fully saturated rings. The fourth-order valence-electron chi connectivity index (χ4n) is 1.08. The third-order valence-corrected chi connectivity index (χ3v) is 3.91. The zero-order valence-electron chi connectivity index (χ0n) is 5.84. The van der Waals surface area contributed by atoms with Gasteiger partial charge >= 0.3 is 0 Å². The smallest absolute Gasteiger partial charge is 0.123 e. The molecule has 0 nitrogen and oxygen atoms in total. The van der Waals surface area contributed by atoms with Gasteiger partial charge in [-0.2, -0.15) is 0 Å². The summed E-state index contributed by atoms with van der Waals surface area (Å²) in [7, 11) is 3.63. The van der Waals surface area contributed by atoms with Crippen LogP contribution in [-0.4, -0.2) is 0 Å². The molecular formula is C8H7FS2. The molecule has 1 aliphatic heterocycles. The molecule has 0 aromatic heterocycles. The molecule has 0 atom stereocenters. The number of hydrogen-bond donors (Lipinski definition) is 0. The maximum atomic E-state index is 12.7. The number of rotatable bonds is 0. The van der Waals surface area contributed by atoms with Crippen molar-refractivity contribution >= 4 is 21.6 Å². The van der Waals surface area contributed by atoms with Crippen LogP contribution in [0.5, 0.6) is 0 Å². The molecule has 0 spiro atoms. The van der Waals surface area contributed by atoms with Gasteiger partial charge in [0.25, 0.3) is 0 Å². The Balaban J connectivity index is 2.43. The molecule has 0 aliphatic carbocycles. The topological polar surface area (TPSA) is 0 Å². The molecule has 0 radical (unpaired) electrons. The molecular weight excluding hydrogens is 179 g/mol. The van der Waals surface area contributed by atoms with Gasteiger partial charge in [-0.3, -0.25) is 0 Å². The van der Waals surface area contributed by atoms with Crippen molar-refractivity contribution in [3.8, 4) is 0 Å². The summed E-state index contributed by atoms with van der Waals surface area (Å²) >= 11 is 0. The fourth-order valence-corrected chi connectivity index (χ4v) is 3.31. The van der Waals surface area contributed by atoms with Crippen molar-refractivity contribution in [1.29, 1.82) is 0 Å². The second-order valence-corrected chi connectivity index (χ2v) is 4.90. The van der Waals surface area contributed by atoms with Crippen LogP contribution >= 0.6 is 21.6 Å². The minimum atomic E-state index is -0.115. The number of hydrogen-bond acceptors (Lipinski definition) is 2. The van der Waals surface area contributed by atoms with Crippen molar-refractivity contribution in [2.45, 2.75) is 11.5 Å². The van der Waals surface area contributed by atoms with E-state index < -0.39 is 0 Å². The van der Waals surface area contributed by atoms with Gasteiger partial charge in [-0.1, -0.05) is 27.7 Å². The monoisotopic (exact) mass is 186 g/mol. The molecule has 0 amide bonds. The Hall–Kier alpha value is -0.150. The van der Waals surface area contributed by atoms with Crippen LogP contribution in [0.15, 0.2) is 18.2 Å². The molecule has 2 rings (SSSR count). The molecule has 1 aliphatic rings. The van der Waals surface area contributed by atoms with E-state index in [4.69, 9.17) is 0 Å². The molecule has 1 heterocycles. The third-order valence-electron chi connectivity index (χ3n) is 1.68. The van der Waals surface area contributed by atoms with Gasteiger partial charge in [0.2, 0.25) is 0 Å². The highest BCUT2D eigenvalue weighted by Gasteiger charge is 2.09. The summed E-state index contributed by atoms with van der Waals surface area (Å²) in [6.45, 7) is 0. The van der Waals surface area contributed by atoms with Crippen LogP contribution in [0.3, 0.4) is 0 Å². The predicted molar refractivity (Wildman–Crippen MR) is 49.0 cm³/mol. The van der Waals surface area contributed by atoms with Crippen molar-refractivity contribution < 1.29 is 4.39 Å². The molecule has 58 valence electrons. The summed E-state index contributed by atoms with van der Waals surface area (Å²) in [6, 6.07) is 5.06. The molecule has 0 bridgehead atoms. The van der Waals surface area contributed by atoms with Gasteiger partial charge in [0.05, 0.1) is 0 Å². The first-order valence-electron chi connectivity index (χ1n) is 3.38. The molecule has 11 heavy (non-hydrogen) atoms. The Morgan fingerprint density at radius 2 is 1.82 bits per heavy atom. The van der Waals surface area contributed by atoms with Crippen LogP contribution in [0.25, 0.3) is 0 Å². The second-order valence-electron chi connectivity index (χ2n) is 2.44. The van der Waals surface area contributed by atoms with E-state index in [-0.39, 0.29) is 5.82 Å². The first-order valence-corrected chi connectivity index (χ1v) is 5.87. The standard InChI is InChI=1S/C8H7FS2/c9-8-2-1-6-4-10-11-5-7(6)3-8/h1-3H,4-5H2. The van der Waals surface area contributed by atoms with Gasteiger partial charge in [0.15, 0.2) is 0 Å². The first-order chi connectivity index (χ1) is 5.36. The molecule has 1 aromatic carbocycles. The molecule has 0 saturated carbocycles. The maximum absolute atomic E-state index is 12.7. The highest BCUT2D eigenvalue weighted by Crippen LogP contribution is 2.36. The average molecular weight is 186 g/mol. The predicted octanol–water partition coefficient (Wildman–Crippen LogP) is 3.22. The van der Waals surface area contributed by atoms with E-state index in [0.717, 1.165) is 17.1 Å². The van der Waals surface area contributed by atoms with Gasteiger partial charge in [-0.25, -0.2) is 4.39 Å². The minimum Gasteiger partial charge on any atom is -0.207 e. The minimum absolute atomic E-state index is 0.115. The van der Waals surface area contributed by atoms with E-state index in [1.807, 2.05) is 16.9 Å². The summed E-state index contributed by atoms with van der Waals surface area (Å²) in [5.74, 6) is 1.84. The summed E-state index contributed by atoms with van der Waals surface area (Å²) < 4.78 is 12.7. The maximum Gasteiger partial charge on any atom is 0.123 e. The normalized spacial score (nSPS) is 16.1. The Labute approximate surface area is 73.0 Å². The van der Waals surface area contributed by atoms with E-state index in [1.165, 1.54) is 11.6 Å². The Kier molecular flexibility index (Phi) is 2.09. The summed E-state index contributed by atoms with van der Waals surface area (Å²) in [5.41, 5.74) is 2.45. The highest BCUT2D eigenvalue weighted by molar-refractivity contribution is 8.76. The van der Waals surface area contributed by atoms with Crippen LogP contribution < -0.4 is 0 Å². The Morgan fingerprint density at radius 1 is 1.09 bits per heavy atom. The molecule has 0 saturated heterocycles. The van der Waals surface area contributed by atoms with Crippen LogP contribution in [0.1, 0.15) is 11.1 Å². The average Bonchev–Trinajstić information content (AvgIpc) is 2.04. The third kappa shape index (κ3) is 1.54. The van der Waals surface area contributed by atoms with E-state index in [2.05, 4.69) is 0 Å². The summed E-state index contributed by atoms with van der Waals surface area (Å²) in [6.07, 6.45) is 0. The van der Waals surface area contributed by atoms with Crippen LogP contribution in [0.4, 0.5) is 4.39 Å². The van der Waals surface area contributed by atoms with Crippen LogP contribution in [0.2, 0.25) is 0 Å². The molecule has 0 unspecified atom stereocenters. The fraction of sp³-hybridized carbons (Fsp3) is 0.250. The molecule has 3 heteroatoms. The molecule has 0 N–H and O–H groups in total. The van der Waals surface area contributed by atoms with Crippen molar-refractivity contribution in [3.05, 3.63) is 35.1 Å². The second kappa shape index (κ2) is 3.07. The quantitative estimate of drug-likeness (QED) is 0.570. The SMILES string of the molecule is Fc1ccc2c(c1)CSSC2. The molecule has 1 aromatic rings. The Morgan fingerprint density at radius 3 is 2.64 bits per heavy atom. The lowest BCUT2D eigenvalue weighted by atomic mass is 10.1. The van der Waals surface area contributed by atoms with Crippen LogP contribution in [0, 0.1) is 5.82 Å². The lowest BCUT2D eigenvalue weighted by Crippen LogP contribution is -1.94. The zero-order valence-corrected chi connectivity index (χ0v) is 7.47. The Bertz CT molecular complexity index is 273. The van der Waals surface area contributed by atoms with Gasteiger partial charge < -0.3 is 0 Å². The highest BCUT2D eigenvalue weighted by atomic mass is 33.1. The first kappa shape index (κ1) is 7.50. The van der Waals surface area contributed by atoms with Crippen molar-refractivity contribution in [2.75, 3.05) is 0 Å². The van der Waals surface area contributed by atoms with Gasteiger partial charge in [0, 0.05) is 11.5 Å². The van der Waals surface area contributed by atoms with Gasteiger partial charge in [-0.15, -0.1) is 0 Å². The lowest BCUT2D eigenvalue weighted by molar-refractivity contribution is 0.626. The zero-order chi connectivity index (χ0) is 7.68. The van der Waals surface area contributed by atoms with E-state index in [0.29, 0.717) is 0 Å². The van der Waals surface area contributed by atoms with Crippen LogP contribution in [-0.2, 0) is 11.5 Å².